The molecule has 0 aliphatic carbocycles. The molecule has 8 aromatic rings. The Balaban J connectivity index is 0.000000202. The molecule has 0 saturated heterocycles. The van der Waals surface area contributed by atoms with E-state index in [0.717, 1.165) is 33.6 Å². The van der Waals surface area contributed by atoms with Crippen molar-refractivity contribution in [3.63, 3.8) is 0 Å². The van der Waals surface area contributed by atoms with Crippen LogP contribution in [0.25, 0.3) is 33.1 Å². The molecule has 306 valence electrons. The van der Waals surface area contributed by atoms with Crippen molar-refractivity contribution in [3.8, 4) is 22.5 Å². The van der Waals surface area contributed by atoms with Gasteiger partial charge in [0.25, 0.3) is 0 Å². The summed E-state index contributed by atoms with van der Waals surface area (Å²) in [5.41, 5.74) is 16.0. The zero-order chi connectivity index (χ0) is 42.7. The first-order chi connectivity index (χ1) is 29.0. The van der Waals surface area contributed by atoms with Crippen molar-refractivity contribution < 1.29 is 26.2 Å². The molecular formula is C54H54N6Zr-2. The summed E-state index contributed by atoms with van der Waals surface area (Å²) in [5, 5.41) is 9.13. The molecule has 6 nitrogen and oxygen atoms in total. The van der Waals surface area contributed by atoms with Crippen molar-refractivity contribution in [3.05, 3.63) is 250 Å². The van der Waals surface area contributed by atoms with Gasteiger partial charge in [-0.3, -0.25) is 9.97 Å². The van der Waals surface area contributed by atoms with E-state index in [1.807, 2.05) is 109 Å². The van der Waals surface area contributed by atoms with Crippen LogP contribution in [0.15, 0.2) is 170 Å². The van der Waals surface area contributed by atoms with Crippen molar-refractivity contribution >= 4 is 11.6 Å². The third kappa shape index (κ3) is 15.7. The number of aryl methyl sites for hydroxylation is 6. The molecule has 0 spiro atoms. The largest absolute Gasteiger partial charge is 2.00 e. The molecule has 0 saturated carbocycles. The van der Waals surface area contributed by atoms with Gasteiger partial charge in [-0.2, -0.15) is 49.2 Å². The fourth-order valence-corrected chi connectivity index (χ4v) is 6.74. The van der Waals surface area contributed by atoms with E-state index in [-0.39, 0.29) is 26.2 Å². The topological polar surface area (TPSA) is 79.8 Å². The molecule has 7 heteroatoms. The summed E-state index contributed by atoms with van der Waals surface area (Å²) >= 11 is 0. The van der Waals surface area contributed by atoms with Gasteiger partial charge in [0.2, 0.25) is 0 Å². The van der Waals surface area contributed by atoms with E-state index in [2.05, 4.69) is 134 Å². The standard InChI is InChI=1S/2C20H20N3.2C7H7.Zr/c2*1-14-9-15(2)20(16(3)10-14)18-12-21-13-19(23-18)22-11-17-7-5-4-6-8-17;2*1-7-5-3-2-4-6-7;/h2*4-10,12-13H,11H2,1-3H3;2*2-6H,1H2;/q4*-1;+2. The molecule has 0 radical (unpaired) electrons. The van der Waals surface area contributed by atoms with Gasteiger partial charge in [-0.05, 0) is 122 Å². The number of rotatable bonds is 8. The van der Waals surface area contributed by atoms with Crippen LogP contribution in [0.2, 0.25) is 0 Å². The van der Waals surface area contributed by atoms with Crippen LogP contribution in [0.4, 0.5) is 11.6 Å². The first kappa shape index (κ1) is 47.4. The van der Waals surface area contributed by atoms with Crippen LogP contribution in [-0.2, 0) is 39.3 Å². The molecule has 0 fully saturated rings. The Morgan fingerprint density at radius 2 is 0.705 bits per heavy atom. The van der Waals surface area contributed by atoms with Crippen LogP contribution in [0.1, 0.15) is 55.6 Å². The first-order valence-electron chi connectivity index (χ1n) is 20.0. The Hall–Kier alpha value is -6.30. The van der Waals surface area contributed by atoms with E-state index in [1.165, 1.54) is 44.5 Å². The molecule has 6 aromatic carbocycles. The predicted molar refractivity (Wildman–Crippen MR) is 251 cm³/mol. The van der Waals surface area contributed by atoms with Crippen LogP contribution < -0.4 is 0 Å². The molecule has 0 aliphatic rings. The quantitative estimate of drug-likeness (QED) is 0.142. The van der Waals surface area contributed by atoms with Gasteiger partial charge >= 0.3 is 26.2 Å². The van der Waals surface area contributed by atoms with Crippen molar-refractivity contribution in [2.45, 2.75) is 54.6 Å². The van der Waals surface area contributed by atoms with Gasteiger partial charge in [0.05, 0.1) is 0 Å². The zero-order valence-corrected chi connectivity index (χ0v) is 38.6. The van der Waals surface area contributed by atoms with Gasteiger partial charge < -0.3 is 20.6 Å². The van der Waals surface area contributed by atoms with E-state index in [0.29, 0.717) is 24.7 Å². The van der Waals surface area contributed by atoms with Crippen molar-refractivity contribution in [2.24, 2.45) is 0 Å². The van der Waals surface area contributed by atoms with Crippen LogP contribution in [-0.4, -0.2) is 19.9 Å². The average Bonchev–Trinajstić information content (AvgIpc) is 3.24. The van der Waals surface area contributed by atoms with Gasteiger partial charge in [-0.15, -0.1) is 24.3 Å². The number of benzene rings is 6. The van der Waals surface area contributed by atoms with Crippen molar-refractivity contribution in [1.82, 2.24) is 19.9 Å². The fourth-order valence-electron chi connectivity index (χ4n) is 6.74. The summed E-state index contributed by atoms with van der Waals surface area (Å²) in [7, 11) is 0. The molecule has 61 heavy (non-hydrogen) atoms. The van der Waals surface area contributed by atoms with Gasteiger partial charge in [0.1, 0.15) is 0 Å². The minimum Gasteiger partial charge on any atom is -0.460 e. The molecule has 2 heterocycles. The monoisotopic (exact) mass is 876 g/mol. The molecule has 0 amide bonds. The van der Waals surface area contributed by atoms with Crippen molar-refractivity contribution in [1.29, 1.82) is 0 Å². The summed E-state index contributed by atoms with van der Waals surface area (Å²) in [6.07, 6.45) is 7.05. The summed E-state index contributed by atoms with van der Waals surface area (Å²) in [5.74, 6) is 1.34. The number of hydrogen-bond donors (Lipinski definition) is 0. The van der Waals surface area contributed by atoms with E-state index in [1.54, 1.807) is 12.4 Å². The van der Waals surface area contributed by atoms with Crippen LogP contribution >= 0.6 is 0 Å². The fraction of sp³-hybridized carbons (Fsp3) is 0.148. The van der Waals surface area contributed by atoms with Crippen LogP contribution in [0, 0.1) is 55.4 Å². The third-order valence-corrected chi connectivity index (χ3v) is 9.33. The summed E-state index contributed by atoms with van der Waals surface area (Å²) in [6.45, 7) is 21.4. The summed E-state index contributed by atoms with van der Waals surface area (Å²) < 4.78 is 0. The normalized spacial score (nSPS) is 9.93. The second kappa shape index (κ2) is 24.7. The van der Waals surface area contributed by atoms with Gasteiger partial charge in [0.15, 0.2) is 0 Å². The molecule has 0 unspecified atom stereocenters. The second-order valence-corrected chi connectivity index (χ2v) is 14.6. The Morgan fingerprint density at radius 1 is 0.410 bits per heavy atom. The van der Waals surface area contributed by atoms with E-state index in [4.69, 9.17) is 0 Å². The smallest absolute Gasteiger partial charge is 0.460 e. The van der Waals surface area contributed by atoms with Gasteiger partial charge in [-0.1, -0.05) is 108 Å². The minimum atomic E-state index is 0. The summed E-state index contributed by atoms with van der Waals surface area (Å²) in [6, 6.07) is 48.8. The number of aromatic nitrogens is 4. The molecule has 0 bridgehead atoms. The SMILES string of the molecule is Cc1cc(C)c(-c2cncc([N-]Cc3ccccc3)n2)c(C)c1.Cc1cc(C)c(-c2cncc([N-]Cc3ccccc3)n2)c(C)c1.[CH2-]c1ccccc1.[CH2-]c1ccccc1.[Zr+2]. The van der Waals surface area contributed by atoms with E-state index < -0.39 is 0 Å². The number of nitrogens with zero attached hydrogens (tertiary/aromatic N) is 6. The zero-order valence-electron chi connectivity index (χ0n) is 36.2. The maximum atomic E-state index is 4.68. The summed E-state index contributed by atoms with van der Waals surface area (Å²) in [4.78, 5) is 18.0. The third-order valence-electron chi connectivity index (χ3n) is 9.33. The molecule has 0 N–H and O–H groups in total. The molecule has 0 atom stereocenters. The molecular weight excluding hydrogens is 824 g/mol. The van der Waals surface area contributed by atoms with E-state index >= 15 is 0 Å². The van der Waals surface area contributed by atoms with Crippen LogP contribution in [0.5, 0.6) is 0 Å². The Morgan fingerprint density at radius 3 is 0.984 bits per heavy atom. The average molecular weight is 878 g/mol. The number of hydrogen-bond acceptors (Lipinski definition) is 4. The van der Waals surface area contributed by atoms with E-state index in [9.17, 15) is 0 Å². The van der Waals surface area contributed by atoms with Crippen LogP contribution in [0.3, 0.4) is 0 Å². The first-order valence-corrected chi connectivity index (χ1v) is 20.0. The Kier molecular flexibility index (Phi) is 19.2. The molecule has 0 aliphatic heterocycles. The van der Waals surface area contributed by atoms with Crippen molar-refractivity contribution in [2.75, 3.05) is 0 Å². The molecule has 8 rings (SSSR count). The van der Waals surface area contributed by atoms with Gasteiger partial charge in [0, 0.05) is 24.8 Å². The molecule has 2 aromatic heterocycles. The second-order valence-electron chi connectivity index (χ2n) is 14.6. The maximum absolute atomic E-state index is 4.68. The predicted octanol–water partition coefficient (Wildman–Crippen LogP) is 14.3. The minimum absolute atomic E-state index is 0. The Bertz CT molecular complexity index is 2290. The maximum Gasteiger partial charge on any atom is 2.00 e. The van der Waals surface area contributed by atoms with Gasteiger partial charge in [-0.25, -0.2) is 0 Å². The Labute approximate surface area is 383 Å².